The zero-order valence-electron chi connectivity index (χ0n) is 19.6. The maximum Gasteiger partial charge on any atom is 0.219 e. The first kappa shape index (κ1) is 26.2. The standard InChI is InChI=1S/C23H38N4O5/c1-5-21(30)24-12-17-6-8-18(9-7-17)14-27(3,4)11-10-26-13-19(25-16(2)29)22(31)23(32)20(26)15-28/h6-9,19-20,22-23,28,31-32H,5,10-15H2,1-4H3,(H-,24,25,29,30)/p+1/t19?,20?,22?,23-/m1/s1. The Morgan fingerprint density at radius 2 is 1.75 bits per heavy atom. The molecule has 1 aliphatic heterocycles. The number of quaternary nitrogens is 1. The largest absolute Gasteiger partial charge is 0.395 e. The number of nitrogens with zero attached hydrogens (tertiary/aromatic N) is 2. The highest BCUT2D eigenvalue weighted by atomic mass is 16.3. The number of benzene rings is 1. The normalized spacial score (nSPS) is 24.2. The second-order valence-corrected chi connectivity index (χ2v) is 9.30. The van der Waals surface area contributed by atoms with Crippen LogP contribution in [0.1, 0.15) is 31.4 Å². The van der Waals surface area contributed by atoms with Gasteiger partial charge in [-0.15, -0.1) is 0 Å². The first-order valence-electron chi connectivity index (χ1n) is 11.2. The molecule has 0 aromatic heterocycles. The number of likely N-dealkylation sites (N-methyl/N-ethyl adjacent to an activating group) is 1. The molecular formula is C23H39N4O5+. The van der Waals surface area contributed by atoms with E-state index in [1.165, 1.54) is 12.5 Å². The molecule has 1 aliphatic rings. The van der Waals surface area contributed by atoms with E-state index in [1.807, 2.05) is 24.0 Å². The van der Waals surface area contributed by atoms with Gasteiger partial charge in [-0.25, -0.2) is 0 Å². The zero-order valence-corrected chi connectivity index (χ0v) is 19.6. The number of aliphatic hydroxyl groups is 3. The number of nitrogens with one attached hydrogen (secondary N) is 2. The van der Waals surface area contributed by atoms with Gasteiger partial charge in [0.25, 0.3) is 0 Å². The van der Waals surface area contributed by atoms with Crippen LogP contribution in [0.4, 0.5) is 0 Å². The van der Waals surface area contributed by atoms with E-state index in [1.54, 1.807) is 0 Å². The van der Waals surface area contributed by atoms with Crippen LogP contribution in [0, 0.1) is 0 Å². The Bertz CT molecular complexity index is 755. The molecule has 9 heteroatoms. The summed E-state index contributed by atoms with van der Waals surface area (Å²) in [7, 11) is 4.23. The molecule has 1 saturated heterocycles. The first-order valence-corrected chi connectivity index (χ1v) is 11.2. The number of amides is 2. The quantitative estimate of drug-likeness (QED) is 0.297. The van der Waals surface area contributed by atoms with Crippen LogP contribution in [0.5, 0.6) is 0 Å². The number of carbonyl (C=O) groups is 2. The third-order valence-electron chi connectivity index (χ3n) is 6.07. The van der Waals surface area contributed by atoms with Crippen LogP contribution in [0.15, 0.2) is 24.3 Å². The molecule has 1 aromatic carbocycles. The fraction of sp³-hybridized carbons (Fsp3) is 0.652. The number of carbonyl (C=O) groups excluding carboxylic acids is 2. The van der Waals surface area contributed by atoms with Crippen molar-refractivity contribution in [2.45, 2.75) is 57.6 Å². The van der Waals surface area contributed by atoms with Crippen LogP contribution in [0.2, 0.25) is 0 Å². The highest BCUT2D eigenvalue weighted by molar-refractivity contribution is 5.75. The minimum absolute atomic E-state index is 0.0316. The highest BCUT2D eigenvalue weighted by Gasteiger charge is 2.42. The van der Waals surface area contributed by atoms with Gasteiger partial charge in [0.1, 0.15) is 12.6 Å². The van der Waals surface area contributed by atoms with Gasteiger partial charge < -0.3 is 30.4 Å². The lowest BCUT2D eigenvalue weighted by Gasteiger charge is -2.45. The Morgan fingerprint density at radius 3 is 2.31 bits per heavy atom. The summed E-state index contributed by atoms with van der Waals surface area (Å²) in [5.41, 5.74) is 2.22. The maximum absolute atomic E-state index is 11.5. The molecule has 4 atom stereocenters. The summed E-state index contributed by atoms with van der Waals surface area (Å²) in [5, 5.41) is 36.1. The van der Waals surface area contributed by atoms with Gasteiger partial charge in [0.15, 0.2) is 0 Å². The molecule has 1 fully saturated rings. The van der Waals surface area contributed by atoms with E-state index in [-0.39, 0.29) is 18.4 Å². The van der Waals surface area contributed by atoms with Gasteiger partial charge in [-0.2, -0.15) is 0 Å². The summed E-state index contributed by atoms with van der Waals surface area (Å²) < 4.78 is 0.685. The molecule has 3 unspecified atom stereocenters. The van der Waals surface area contributed by atoms with Crippen molar-refractivity contribution in [3.63, 3.8) is 0 Å². The molecule has 2 rings (SSSR count). The fourth-order valence-electron chi connectivity index (χ4n) is 4.11. The van der Waals surface area contributed by atoms with Gasteiger partial charge in [0.05, 0.1) is 45.4 Å². The second kappa shape index (κ2) is 11.7. The first-order chi connectivity index (χ1) is 15.1. The Morgan fingerprint density at radius 1 is 1.12 bits per heavy atom. The Kier molecular flexibility index (Phi) is 9.60. The SMILES string of the molecule is CCC(=O)NCc1ccc(C[N+](C)(C)CCN2CC(NC(C)=O)C(O)[C@H](O)C2CO)cc1. The van der Waals surface area contributed by atoms with E-state index in [2.05, 4.69) is 36.9 Å². The van der Waals surface area contributed by atoms with E-state index in [9.17, 15) is 24.9 Å². The third kappa shape index (κ3) is 7.53. The zero-order chi connectivity index (χ0) is 23.9. The summed E-state index contributed by atoms with van der Waals surface area (Å²) in [4.78, 5) is 24.8. The lowest BCUT2D eigenvalue weighted by Crippen LogP contribution is -2.67. The van der Waals surface area contributed by atoms with Gasteiger partial charge in [-0.1, -0.05) is 31.2 Å². The van der Waals surface area contributed by atoms with Crippen molar-refractivity contribution in [1.29, 1.82) is 0 Å². The molecule has 180 valence electrons. The molecule has 1 heterocycles. The molecule has 0 aliphatic carbocycles. The molecule has 0 radical (unpaired) electrons. The van der Waals surface area contributed by atoms with Crippen molar-refractivity contribution >= 4 is 11.8 Å². The number of hydrogen-bond acceptors (Lipinski definition) is 6. The molecule has 2 amide bonds. The fourth-order valence-corrected chi connectivity index (χ4v) is 4.11. The average molecular weight is 452 g/mol. The summed E-state index contributed by atoms with van der Waals surface area (Å²) in [5.74, 6) is -0.235. The van der Waals surface area contributed by atoms with Crippen molar-refractivity contribution in [3.8, 4) is 0 Å². The van der Waals surface area contributed by atoms with Crippen molar-refractivity contribution in [1.82, 2.24) is 15.5 Å². The van der Waals surface area contributed by atoms with E-state index >= 15 is 0 Å². The predicted molar refractivity (Wildman–Crippen MR) is 121 cm³/mol. The van der Waals surface area contributed by atoms with Crippen LogP contribution in [-0.4, -0.2) is 101 Å². The van der Waals surface area contributed by atoms with E-state index < -0.39 is 24.3 Å². The lowest BCUT2D eigenvalue weighted by atomic mass is 9.92. The Labute approximate surface area is 190 Å². The molecule has 0 spiro atoms. The van der Waals surface area contributed by atoms with E-state index in [0.717, 1.165) is 18.7 Å². The lowest BCUT2D eigenvalue weighted by molar-refractivity contribution is -0.903. The smallest absolute Gasteiger partial charge is 0.219 e. The third-order valence-corrected chi connectivity index (χ3v) is 6.07. The Hall–Kier alpha value is -2.04. The van der Waals surface area contributed by atoms with Crippen molar-refractivity contribution < 1.29 is 29.4 Å². The highest BCUT2D eigenvalue weighted by Crippen LogP contribution is 2.20. The van der Waals surface area contributed by atoms with Gasteiger partial charge in [0.2, 0.25) is 11.8 Å². The molecule has 0 bridgehead atoms. The van der Waals surface area contributed by atoms with E-state index in [4.69, 9.17) is 0 Å². The van der Waals surface area contributed by atoms with Crippen molar-refractivity contribution in [3.05, 3.63) is 35.4 Å². The minimum Gasteiger partial charge on any atom is -0.395 e. The number of rotatable bonds is 10. The van der Waals surface area contributed by atoms with E-state index in [0.29, 0.717) is 30.5 Å². The van der Waals surface area contributed by atoms with Crippen LogP contribution in [-0.2, 0) is 22.7 Å². The second-order valence-electron chi connectivity index (χ2n) is 9.30. The summed E-state index contributed by atoms with van der Waals surface area (Å²) in [6, 6.07) is 7.02. The van der Waals surface area contributed by atoms with Crippen molar-refractivity contribution in [2.75, 3.05) is 40.3 Å². The van der Waals surface area contributed by atoms with Gasteiger partial charge in [-0.3, -0.25) is 14.5 Å². The number of piperidine rings is 1. The summed E-state index contributed by atoms with van der Waals surface area (Å²) in [6.45, 7) is 5.96. The number of likely N-dealkylation sites (tertiary alicyclic amines) is 1. The van der Waals surface area contributed by atoms with Crippen LogP contribution >= 0.6 is 0 Å². The average Bonchev–Trinajstić information content (AvgIpc) is 2.74. The molecule has 0 saturated carbocycles. The minimum atomic E-state index is -1.14. The Balaban J connectivity index is 1.95. The maximum atomic E-state index is 11.5. The van der Waals surface area contributed by atoms with Gasteiger partial charge in [0, 0.05) is 38.5 Å². The summed E-state index contributed by atoms with van der Waals surface area (Å²) >= 11 is 0. The van der Waals surface area contributed by atoms with Crippen LogP contribution in [0.3, 0.4) is 0 Å². The molecule has 32 heavy (non-hydrogen) atoms. The van der Waals surface area contributed by atoms with Crippen LogP contribution in [0.25, 0.3) is 0 Å². The molecular weight excluding hydrogens is 412 g/mol. The molecule has 5 N–H and O–H groups in total. The number of aliphatic hydroxyl groups excluding tert-OH is 3. The molecule has 1 aromatic rings. The predicted octanol–water partition coefficient (Wildman–Crippen LogP) is -0.808. The summed E-state index contributed by atoms with van der Waals surface area (Å²) in [6.07, 6.45) is -1.78. The molecule has 9 nitrogen and oxygen atoms in total. The van der Waals surface area contributed by atoms with Crippen molar-refractivity contribution in [2.24, 2.45) is 0 Å². The van der Waals surface area contributed by atoms with Crippen LogP contribution < -0.4 is 10.6 Å². The van der Waals surface area contributed by atoms with Gasteiger partial charge in [-0.05, 0) is 5.56 Å². The monoisotopic (exact) mass is 451 g/mol. The topological polar surface area (TPSA) is 122 Å². The number of hydrogen-bond donors (Lipinski definition) is 5. The van der Waals surface area contributed by atoms with Gasteiger partial charge >= 0.3 is 0 Å².